The zero-order valence-electron chi connectivity index (χ0n) is 12.1. The molecule has 1 amide bonds. The fraction of sp³-hybridized carbons (Fsp3) is 0.467. The van der Waals surface area contributed by atoms with E-state index in [1.54, 1.807) is 0 Å². The Morgan fingerprint density at radius 1 is 1.30 bits per heavy atom. The lowest BCUT2D eigenvalue weighted by molar-refractivity contribution is -0.127. The van der Waals surface area contributed by atoms with E-state index in [0.29, 0.717) is 19.4 Å². The van der Waals surface area contributed by atoms with Gasteiger partial charge in [-0.25, -0.2) is 0 Å². The number of carbonyl (C=O) groups is 1. The van der Waals surface area contributed by atoms with Crippen LogP contribution in [0.4, 0.5) is 0 Å². The van der Waals surface area contributed by atoms with Crippen LogP contribution in [0, 0.1) is 5.41 Å². The number of nitrogens with two attached hydrogens (primary N) is 1. The minimum Gasteiger partial charge on any atom is -0.409 e. The highest BCUT2D eigenvalue weighted by Gasteiger charge is 2.39. The van der Waals surface area contributed by atoms with E-state index in [4.69, 9.17) is 10.9 Å². The van der Waals surface area contributed by atoms with Crippen molar-refractivity contribution >= 4 is 11.7 Å². The van der Waals surface area contributed by atoms with E-state index in [1.165, 1.54) is 0 Å². The van der Waals surface area contributed by atoms with Crippen molar-refractivity contribution in [1.29, 1.82) is 0 Å². The van der Waals surface area contributed by atoms with Gasteiger partial charge in [-0.3, -0.25) is 4.79 Å². The van der Waals surface area contributed by atoms with Gasteiger partial charge in [0.1, 0.15) is 5.41 Å². The molecule has 0 aromatic heterocycles. The summed E-state index contributed by atoms with van der Waals surface area (Å²) < 4.78 is 0. The van der Waals surface area contributed by atoms with Gasteiger partial charge in [0.05, 0.1) is 0 Å². The van der Waals surface area contributed by atoms with Gasteiger partial charge >= 0.3 is 0 Å². The van der Waals surface area contributed by atoms with Crippen LogP contribution in [0.25, 0.3) is 0 Å². The van der Waals surface area contributed by atoms with Crippen molar-refractivity contribution in [2.45, 2.75) is 33.1 Å². The van der Waals surface area contributed by atoms with Crippen LogP contribution in [0.5, 0.6) is 0 Å². The quantitative estimate of drug-likeness (QED) is 0.308. The van der Waals surface area contributed by atoms with E-state index in [-0.39, 0.29) is 11.7 Å². The molecule has 0 aliphatic carbocycles. The van der Waals surface area contributed by atoms with Crippen molar-refractivity contribution in [3.63, 3.8) is 0 Å². The van der Waals surface area contributed by atoms with Crippen LogP contribution in [0.2, 0.25) is 0 Å². The molecule has 110 valence electrons. The van der Waals surface area contributed by atoms with E-state index in [0.717, 1.165) is 12.0 Å². The molecule has 5 heteroatoms. The van der Waals surface area contributed by atoms with Crippen molar-refractivity contribution in [2.75, 3.05) is 6.54 Å². The molecule has 0 saturated carbocycles. The fourth-order valence-corrected chi connectivity index (χ4v) is 2.28. The molecule has 0 atom stereocenters. The second-order valence-electron chi connectivity index (χ2n) is 4.77. The molecule has 0 saturated heterocycles. The summed E-state index contributed by atoms with van der Waals surface area (Å²) in [5, 5.41) is 14.8. The SMILES string of the molecule is CCC(CC)(C(=O)NCCc1ccccc1)C(N)=NO. The average molecular weight is 277 g/mol. The van der Waals surface area contributed by atoms with Gasteiger partial charge in [-0.2, -0.15) is 0 Å². The zero-order chi connectivity index (χ0) is 15.0. The number of hydrogen-bond donors (Lipinski definition) is 3. The summed E-state index contributed by atoms with van der Waals surface area (Å²) in [6, 6.07) is 9.93. The Kier molecular flexibility index (Phi) is 6.03. The third kappa shape index (κ3) is 3.50. The average Bonchev–Trinajstić information content (AvgIpc) is 2.49. The smallest absolute Gasteiger partial charge is 0.233 e. The van der Waals surface area contributed by atoms with Gasteiger partial charge < -0.3 is 16.3 Å². The number of nitrogens with one attached hydrogen (secondary N) is 1. The normalized spacial score (nSPS) is 12.2. The predicted molar refractivity (Wildman–Crippen MR) is 79.6 cm³/mol. The fourth-order valence-electron chi connectivity index (χ4n) is 2.28. The van der Waals surface area contributed by atoms with Gasteiger partial charge in [0.2, 0.25) is 5.91 Å². The number of rotatable bonds is 7. The van der Waals surface area contributed by atoms with Crippen LogP contribution in [-0.2, 0) is 11.2 Å². The minimum atomic E-state index is -0.925. The maximum Gasteiger partial charge on any atom is 0.233 e. The highest BCUT2D eigenvalue weighted by atomic mass is 16.4. The summed E-state index contributed by atoms with van der Waals surface area (Å²) in [5.41, 5.74) is 5.93. The maximum absolute atomic E-state index is 12.3. The number of hydrogen-bond acceptors (Lipinski definition) is 3. The van der Waals surface area contributed by atoms with Gasteiger partial charge in [0.25, 0.3) is 0 Å². The molecule has 0 radical (unpaired) electrons. The molecule has 4 N–H and O–H groups in total. The summed E-state index contributed by atoms with van der Waals surface area (Å²) in [4.78, 5) is 12.3. The summed E-state index contributed by atoms with van der Waals surface area (Å²) in [7, 11) is 0. The highest BCUT2D eigenvalue weighted by Crippen LogP contribution is 2.26. The molecule has 0 heterocycles. The lowest BCUT2D eigenvalue weighted by Crippen LogP contribution is -2.49. The summed E-state index contributed by atoms with van der Waals surface area (Å²) >= 11 is 0. The Labute approximate surface area is 119 Å². The molecular formula is C15H23N3O2. The number of carbonyl (C=O) groups excluding carboxylic acids is 1. The number of amidine groups is 1. The molecule has 0 fully saturated rings. The van der Waals surface area contributed by atoms with Gasteiger partial charge in [0, 0.05) is 6.54 Å². The number of amides is 1. The van der Waals surface area contributed by atoms with Crippen molar-refractivity contribution in [3.8, 4) is 0 Å². The van der Waals surface area contributed by atoms with Gasteiger partial charge in [-0.15, -0.1) is 0 Å². The highest BCUT2D eigenvalue weighted by molar-refractivity contribution is 6.06. The van der Waals surface area contributed by atoms with Crippen molar-refractivity contribution in [1.82, 2.24) is 5.32 Å². The molecular weight excluding hydrogens is 254 g/mol. The van der Waals surface area contributed by atoms with Crippen LogP contribution >= 0.6 is 0 Å². The Morgan fingerprint density at radius 3 is 2.40 bits per heavy atom. The van der Waals surface area contributed by atoms with Crippen LogP contribution in [0.1, 0.15) is 32.3 Å². The third-order valence-corrected chi connectivity index (χ3v) is 3.78. The lowest BCUT2D eigenvalue weighted by Gasteiger charge is -2.28. The van der Waals surface area contributed by atoms with E-state index in [1.807, 2.05) is 44.2 Å². The van der Waals surface area contributed by atoms with Crippen LogP contribution in [0.15, 0.2) is 35.5 Å². The first-order valence-corrected chi connectivity index (χ1v) is 6.91. The standard InChI is InChI=1S/C15H23N3O2/c1-3-15(4-2,13(16)18-20)14(19)17-11-10-12-8-6-5-7-9-12/h5-9,20H,3-4,10-11H2,1-2H3,(H2,16,18)(H,17,19). The molecule has 0 spiro atoms. The van der Waals surface area contributed by atoms with E-state index in [9.17, 15) is 4.79 Å². The Hall–Kier alpha value is -2.04. The first kappa shape index (κ1) is 16.0. The Bertz CT molecular complexity index is 453. The molecule has 0 unspecified atom stereocenters. The Morgan fingerprint density at radius 2 is 1.90 bits per heavy atom. The van der Waals surface area contributed by atoms with E-state index in [2.05, 4.69) is 10.5 Å². The van der Waals surface area contributed by atoms with Gasteiger partial charge in [-0.1, -0.05) is 49.3 Å². The van der Waals surface area contributed by atoms with Crippen LogP contribution in [0.3, 0.4) is 0 Å². The molecule has 1 aromatic rings. The van der Waals surface area contributed by atoms with Crippen molar-refractivity contribution < 1.29 is 10.0 Å². The number of oxime groups is 1. The molecule has 1 aromatic carbocycles. The van der Waals surface area contributed by atoms with E-state index < -0.39 is 5.41 Å². The first-order valence-electron chi connectivity index (χ1n) is 6.91. The summed E-state index contributed by atoms with van der Waals surface area (Å²) in [6.07, 6.45) is 1.75. The van der Waals surface area contributed by atoms with Gasteiger partial charge in [-0.05, 0) is 24.8 Å². The summed E-state index contributed by atoms with van der Waals surface area (Å²) in [6.45, 7) is 4.25. The molecule has 5 nitrogen and oxygen atoms in total. The Balaban J connectivity index is 2.64. The number of nitrogens with zero attached hydrogens (tertiary/aromatic N) is 1. The molecule has 20 heavy (non-hydrogen) atoms. The van der Waals surface area contributed by atoms with Crippen LogP contribution < -0.4 is 11.1 Å². The summed E-state index contributed by atoms with van der Waals surface area (Å²) in [5.74, 6) is -0.214. The second-order valence-corrected chi connectivity index (χ2v) is 4.77. The minimum absolute atomic E-state index is 0.0280. The van der Waals surface area contributed by atoms with Crippen LogP contribution in [-0.4, -0.2) is 23.5 Å². The predicted octanol–water partition coefficient (Wildman–Crippen LogP) is 1.90. The zero-order valence-corrected chi connectivity index (χ0v) is 12.1. The lowest BCUT2D eigenvalue weighted by atomic mass is 9.80. The number of benzene rings is 1. The topological polar surface area (TPSA) is 87.7 Å². The molecule has 0 aliphatic heterocycles. The molecule has 1 rings (SSSR count). The second kappa shape index (κ2) is 7.53. The van der Waals surface area contributed by atoms with Crippen molar-refractivity contribution in [3.05, 3.63) is 35.9 Å². The van der Waals surface area contributed by atoms with Crippen molar-refractivity contribution in [2.24, 2.45) is 16.3 Å². The molecule has 0 aliphatic rings. The monoisotopic (exact) mass is 277 g/mol. The largest absolute Gasteiger partial charge is 0.409 e. The molecule has 0 bridgehead atoms. The third-order valence-electron chi connectivity index (χ3n) is 3.78. The maximum atomic E-state index is 12.3. The van der Waals surface area contributed by atoms with E-state index >= 15 is 0 Å². The van der Waals surface area contributed by atoms with Gasteiger partial charge in [0.15, 0.2) is 5.84 Å². The first-order chi connectivity index (χ1) is 9.60.